The molecule has 1 N–H and O–H groups in total. The Morgan fingerprint density at radius 2 is 1.80 bits per heavy atom. The van der Waals surface area contributed by atoms with Crippen LogP contribution in [0.4, 0.5) is 0 Å². The summed E-state index contributed by atoms with van der Waals surface area (Å²) < 4.78 is 1.87. The smallest absolute Gasteiger partial charge is 0.295 e. The zero-order valence-electron chi connectivity index (χ0n) is 19.4. The van der Waals surface area contributed by atoms with Gasteiger partial charge in [0, 0.05) is 17.8 Å². The second-order valence-corrected chi connectivity index (χ2v) is 9.15. The minimum atomic E-state index is -0.775. The number of benzene rings is 2. The molecule has 2 aromatic heterocycles. The number of amides is 1. The Hall–Kier alpha value is -3.90. The van der Waals surface area contributed by atoms with Crippen molar-refractivity contribution < 1.29 is 14.7 Å². The molecule has 1 aliphatic rings. The summed E-state index contributed by atoms with van der Waals surface area (Å²) >= 11 is 6.27. The van der Waals surface area contributed by atoms with Gasteiger partial charge in [-0.2, -0.15) is 0 Å². The number of aromatic nitrogens is 2. The molecular formula is C28H24ClN3O3. The third-order valence-corrected chi connectivity index (χ3v) is 6.73. The second kappa shape index (κ2) is 9.04. The maximum atomic E-state index is 13.3. The first kappa shape index (κ1) is 22.9. The lowest BCUT2D eigenvalue weighted by molar-refractivity contribution is -0.139. The SMILES string of the molecule is Cc1cccn2c(C)c(C(O)=C3C(=O)C(=O)N(CCc4ccccc4)C3c3cccc(Cl)c3)nc12. The number of hydrogen-bond acceptors (Lipinski definition) is 4. The van der Waals surface area contributed by atoms with Crippen molar-refractivity contribution in [1.29, 1.82) is 0 Å². The molecule has 1 atom stereocenters. The molecule has 4 aromatic rings. The number of likely N-dealkylation sites (tertiary alicyclic amines) is 1. The molecule has 1 aliphatic heterocycles. The normalized spacial score (nSPS) is 17.5. The van der Waals surface area contributed by atoms with E-state index in [1.54, 1.807) is 18.2 Å². The lowest BCUT2D eigenvalue weighted by Crippen LogP contribution is -2.31. The number of aryl methyl sites for hydroxylation is 2. The molecule has 1 fully saturated rings. The summed E-state index contributed by atoms with van der Waals surface area (Å²) in [6.45, 7) is 4.07. The van der Waals surface area contributed by atoms with Crippen molar-refractivity contribution in [2.24, 2.45) is 0 Å². The fourth-order valence-electron chi connectivity index (χ4n) is 4.70. The van der Waals surface area contributed by atoms with Crippen LogP contribution in [0.15, 0.2) is 78.5 Å². The number of carbonyl (C=O) groups excluding carboxylic acids is 2. The van der Waals surface area contributed by atoms with Crippen LogP contribution in [0.1, 0.15) is 34.1 Å². The summed E-state index contributed by atoms with van der Waals surface area (Å²) in [5.74, 6) is -1.66. The van der Waals surface area contributed by atoms with Crippen LogP contribution in [-0.2, 0) is 16.0 Å². The summed E-state index contributed by atoms with van der Waals surface area (Å²) in [6, 6.07) is 19.9. The maximum absolute atomic E-state index is 13.3. The number of Topliss-reactive ketones (excluding diaryl/α,β-unsaturated/α-hetero) is 1. The first-order valence-electron chi connectivity index (χ1n) is 11.4. The van der Waals surface area contributed by atoms with Crippen molar-refractivity contribution >= 4 is 34.7 Å². The Kier molecular flexibility index (Phi) is 5.91. The fraction of sp³-hybridized carbons (Fsp3) is 0.179. The topological polar surface area (TPSA) is 74.9 Å². The summed E-state index contributed by atoms with van der Waals surface area (Å²) in [4.78, 5) is 32.7. The van der Waals surface area contributed by atoms with Crippen molar-refractivity contribution in [3.05, 3.63) is 112 Å². The number of carbonyl (C=O) groups is 2. The largest absolute Gasteiger partial charge is 0.505 e. The van der Waals surface area contributed by atoms with E-state index in [1.165, 1.54) is 4.90 Å². The van der Waals surface area contributed by atoms with Gasteiger partial charge in [0.05, 0.1) is 17.3 Å². The van der Waals surface area contributed by atoms with Gasteiger partial charge >= 0.3 is 0 Å². The molecule has 1 saturated heterocycles. The number of ketones is 1. The number of fused-ring (bicyclic) bond motifs is 1. The Balaban J connectivity index is 1.65. The number of aliphatic hydroxyl groups excluding tert-OH is 1. The highest BCUT2D eigenvalue weighted by atomic mass is 35.5. The predicted molar refractivity (Wildman–Crippen MR) is 135 cm³/mol. The highest BCUT2D eigenvalue weighted by Gasteiger charge is 2.46. The molecule has 176 valence electrons. The van der Waals surface area contributed by atoms with Crippen LogP contribution in [0.3, 0.4) is 0 Å². The molecule has 0 radical (unpaired) electrons. The van der Waals surface area contributed by atoms with E-state index in [9.17, 15) is 14.7 Å². The zero-order valence-corrected chi connectivity index (χ0v) is 20.2. The van der Waals surface area contributed by atoms with Gasteiger partial charge < -0.3 is 14.4 Å². The molecule has 3 heterocycles. The van der Waals surface area contributed by atoms with E-state index in [0.29, 0.717) is 34.9 Å². The van der Waals surface area contributed by atoms with Crippen LogP contribution in [0.25, 0.3) is 11.4 Å². The van der Waals surface area contributed by atoms with Crippen molar-refractivity contribution in [3.8, 4) is 0 Å². The average molecular weight is 486 g/mol. The van der Waals surface area contributed by atoms with E-state index < -0.39 is 17.7 Å². The maximum Gasteiger partial charge on any atom is 0.295 e. The van der Waals surface area contributed by atoms with Gasteiger partial charge in [0.1, 0.15) is 11.3 Å². The first-order chi connectivity index (χ1) is 16.9. The molecule has 0 saturated carbocycles. The summed E-state index contributed by atoms with van der Waals surface area (Å²) in [5, 5.41) is 11.9. The third-order valence-electron chi connectivity index (χ3n) is 6.50. The number of aliphatic hydroxyl groups is 1. The summed E-state index contributed by atoms with van der Waals surface area (Å²) in [7, 11) is 0. The van der Waals surface area contributed by atoms with E-state index in [0.717, 1.165) is 11.1 Å². The van der Waals surface area contributed by atoms with Gasteiger partial charge in [-0.3, -0.25) is 9.59 Å². The van der Waals surface area contributed by atoms with Crippen LogP contribution < -0.4 is 0 Å². The van der Waals surface area contributed by atoms with Crippen LogP contribution in [0.2, 0.25) is 5.02 Å². The fourth-order valence-corrected chi connectivity index (χ4v) is 4.90. The molecule has 0 bridgehead atoms. The molecule has 1 unspecified atom stereocenters. The Bertz CT molecular complexity index is 1490. The second-order valence-electron chi connectivity index (χ2n) is 8.71. The third kappa shape index (κ3) is 4.00. The molecule has 0 aliphatic carbocycles. The average Bonchev–Trinajstić information content (AvgIpc) is 3.33. The van der Waals surface area contributed by atoms with Crippen molar-refractivity contribution in [2.75, 3.05) is 6.54 Å². The van der Waals surface area contributed by atoms with Gasteiger partial charge in [-0.15, -0.1) is 0 Å². The highest BCUT2D eigenvalue weighted by Crippen LogP contribution is 2.40. The monoisotopic (exact) mass is 485 g/mol. The van der Waals surface area contributed by atoms with E-state index >= 15 is 0 Å². The molecule has 1 amide bonds. The number of imidazole rings is 1. The number of hydrogen-bond donors (Lipinski definition) is 1. The number of pyridine rings is 1. The Morgan fingerprint density at radius 1 is 1.03 bits per heavy atom. The lowest BCUT2D eigenvalue weighted by Gasteiger charge is -2.25. The van der Waals surface area contributed by atoms with Gasteiger partial charge in [-0.05, 0) is 55.2 Å². The van der Waals surface area contributed by atoms with Crippen molar-refractivity contribution in [2.45, 2.75) is 26.3 Å². The molecule has 5 rings (SSSR count). The Labute approximate surface area is 208 Å². The summed E-state index contributed by atoms with van der Waals surface area (Å²) in [6.07, 6.45) is 2.42. The van der Waals surface area contributed by atoms with Gasteiger partial charge in [0.25, 0.3) is 11.7 Å². The zero-order chi connectivity index (χ0) is 24.7. The van der Waals surface area contributed by atoms with E-state index in [2.05, 4.69) is 4.98 Å². The molecule has 0 spiro atoms. The van der Waals surface area contributed by atoms with Gasteiger partial charge in [0.15, 0.2) is 5.76 Å². The molecular weight excluding hydrogens is 462 g/mol. The van der Waals surface area contributed by atoms with Crippen molar-refractivity contribution in [1.82, 2.24) is 14.3 Å². The van der Waals surface area contributed by atoms with Crippen LogP contribution in [-0.4, -0.2) is 37.6 Å². The predicted octanol–water partition coefficient (Wildman–Crippen LogP) is 5.27. The molecule has 35 heavy (non-hydrogen) atoms. The van der Waals surface area contributed by atoms with E-state index in [-0.39, 0.29) is 17.0 Å². The number of halogens is 1. The van der Waals surface area contributed by atoms with E-state index in [4.69, 9.17) is 11.6 Å². The Morgan fingerprint density at radius 3 is 2.51 bits per heavy atom. The first-order valence-corrected chi connectivity index (χ1v) is 11.8. The van der Waals surface area contributed by atoms with Gasteiger partial charge in [-0.1, -0.05) is 60.1 Å². The molecule has 6 nitrogen and oxygen atoms in total. The van der Waals surface area contributed by atoms with Crippen LogP contribution in [0, 0.1) is 13.8 Å². The molecule has 2 aromatic carbocycles. The highest BCUT2D eigenvalue weighted by molar-refractivity contribution is 6.46. The quantitative estimate of drug-likeness (QED) is 0.237. The van der Waals surface area contributed by atoms with E-state index in [1.807, 2.05) is 73.0 Å². The van der Waals surface area contributed by atoms with Gasteiger partial charge in [-0.25, -0.2) is 4.98 Å². The number of rotatable bonds is 5. The minimum absolute atomic E-state index is 0.0227. The van der Waals surface area contributed by atoms with Crippen molar-refractivity contribution in [3.63, 3.8) is 0 Å². The number of nitrogens with zero attached hydrogens (tertiary/aromatic N) is 3. The van der Waals surface area contributed by atoms with Crippen LogP contribution >= 0.6 is 11.6 Å². The van der Waals surface area contributed by atoms with Crippen LogP contribution in [0.5, 0.6) is 0 Å². The van der Waals surface area contributed by atoms with Gasteiger partial charge in [0.2, 0.25) is 0 Å². The summed E-state index contributed by atoms with van der Waals surface area (Å²) in [5.41, 5.74) is 4.31. The minimum Gasteiger partial charge on any atom is -0.505 e. The lowest BCUT2D eigenvalue weighted by atomic mass is 9.96. The standard InChI is InChI=1S/C28H24ClN3O3/c1-17-8-7-14-31-18(2)23(30-27(17)31)25(33)22-24(20-11-6-12-21(29)16-20)32(28(35)26(22)34)15-13-19-9-4-3-5-10-19/h3-12,14,16,24,33H,13,15H2,1-2H3. The molecule has 7 heteroatoms.